The molecule has 134 valence electrons. The van der Waals surface area contributed by atoms with Crippen LogP contribution in [0.1, 0.15) is 6.92 Å². The normalized spacial score (nSPS) is 37.0. The van der Waals surface area contributed by atoms with Gasteiger partial charge in [-0.05, 0) is 0 Å². The molecule has 1 rings (SSSR count). The lowest BCUT2D eigenvalue weighted by Gasteiger charge is -2.48. The molecular weight excluding hydrogens is 318 g/mol. The van der Waals surface area contributed by atoms with Crippen LogP contribution in [0.15, 0.2) is 0 Å². The molecule has 0 aromatic heterocycles. The number of aliphatic hydroxyl groups is 5. The molecule has 11 heteroatoms. The molecule has 1 fully saturated rings. The molecule has 1 saturated heterocycles. The first kappa shape index (κ1) is 19.7. The summed E-state index contributed by atoms with van der Waals surface area (Å²) in [7, 11) is 1.01. The third kappa shape index (κ3) is 3.77. The number of amides is 1. The molecule has 1 amide bonds. The highest BCUT2D eigenvalue weighted by Crippen LogP contribution is 2.32. The quantitative estimate of drug-likeness (QED) is 0.250. The first-order valence-electron chi connectivity index (χ1n) is 6.68. The average Bonchev–Trinajstić information content (AvgIpc) is 2.48. The molecule has 2 unspecified atom stereocenters. The second kappa shape index (κ2) is 7.49. The zero-order chi connectivity index (χ0) is 17.9. The van der Waals surface area contributed by atoms with Crippen LogP contribution in [0, 0.1) is 0 Å². The number of nitrogens with one attached hydrogen (secondary N) is 1. The Labute approximate surface area is 131 Å². The Morgan fingerprint density at radius 2 is 1.96 bits per heavy atom. The molecule has 0 aliphatic carbocycles. The SMILES string of the molecule is COC1[C@H](O)[C@@H](NC(C)=O)[C@H]([C@H](O)[C@H](O)CO)OC1(O)C(=O)O. The Morgan fingerprint density at radius 3 is 2.35 bits per heavy atom. The lowest BCUT2D eigenvalue weighted by Crippen LogP contribution is -2.73. The number of carboxylic acid groups (broad SMARTS) is 1. The number of hydrogen-bond acceptors (Lipinski definition) is 9. The molecule has 11 nitrogen and oxygen atoms in total. The molecule has 23 heavy (non-hydrogen) atoms. The summed E-state index contributed by atoms with van der Waals surface area (Å²) < 4.78 is 9.70. The predicted octanol–water partition coefficient (Wildman–Crippen LogP) is -4.25. The van der Waals surface area contributed by atoms with E-state index in [1.54, 1.807) is 0 Å². The van der Waals surface area contributed by atoms with Crippen molar-refractivity contribution in [3.05, 3.63) is 0 Å². The summed E-state index contributed by atoms with van der Waals surface area (Å²) in [6, 6.07) is -1.41. The summed E-state index contributed by atoms with van der Waals surface area (Å²) in [5.41, 5.74) is 0. The Kier molecular flexibility index (Phi) is 6.41. The minimum absolute atomic E-state index is 0.649. The molecule has 0 saturated carbocycles. The molecule has 0 radical (unpaired) electrons. The van der Waals surface area contributed by atoms with Crippen LogP contribution in [0.25, 0.3) is 0 Å². The summed E-state index contributed by atoms with van der Waals surface area (Å²) in [6.07, 6.45) is -8.98. The van der Waals surface area contributed by atoms with Gasteiger partial charge in [0.25, 0.3) is 5.79 Å². The second-order valence-electron chi connectivity index (χ2n) is 5.20. The highest BCUT2D eigenvalue weighted by Gasteiger charge is 2.60. The summed E-state index contributed by atoms with van der Waals surface area (Å²) in [4.78, 5) is 22.5. The molecule has 1 aliphatic heterocycles. The fourth-order valence-corrected chi connectivity index (χ4v) is 2.44. The van der Waals surface area contributed by atoms with Gasteiger partial charge in [-0.25, -0.2) is 4.79 Å². The van der Waals surface area contributed by atoms with Crippen LogP contribution in [0.4, 0.5) is 0 Å². The lowest BCUT2D eigenvalue weighted by atomic mass is 9.86. The van der Waals surface area contributed by atoms with E-state index >= 15 is 0 Å². The van der Waals surface area contributed by atoms with Gasteiger partial charge in [-0.15, -0.1) is 0 Å². The van der Waals surface area contributed by atoms with Crippen LogP contribution in [-0.2, 0) is 19.1 Å². The predicted molar refractivity (Wildman–Crippen MR) is 71.0 cm³/mol. The Hall–Kier alpha value is -1.34. The van der Waals surface area contributed by atoms with Crippen LogP contribution in [-0.4, -0.2) is 98.6 Å². The monoisotopic (exact) mass is 339 g/mol. The standard InChI is InChI=1S/C12H21NO10/c1-4(15)13-6-8(18)10(22-2)12(21,11(19)20)23-9(6)7(17)5(16)3-14/h5-10,14,16-18,21H,3H2,1-2H3,(H,13,15)(H,19,20)/t5-,6-,7-,8-,9-,10?,12?/m1/s1. The van der Waals surface area contributed by atoms with Gasteiger partial charge in [0, 0.05) is 14.0 Å². The molecular formula is C12H21NO10. The Bertz CT molecular complexity index is 446. The van der Waals surface area contributed by atoms with Gasteiger partial charge in [-0.2, -0.15) is 0 Å². The first-order chi connectivity index (χ1) is 10.6. The Morgan fingerprint density at radius 1 is 1.39 bits per heavy atom. The molecule has 7 N–H and O–H groups in total. The maximum absolute atomic E-state index is 11.3. The molecule has 1 heterocycles. The molecule has 1 aliphatic rings. The Balaban J connectivity index is 3.26. The number of carboxylic acids is 1. The fraction of sp³-hybridized carbons (Fsp3) is 0.833. The van der Waals surface area contributed by atoms with Crippen molar-refractivity contribution in [1.82, 2.24) is 5.32 Å². The summed E-state index contributed by atoms with van der Waals surface area (Å²) >= 11 is 0. The molecule has 7 atom stereocenters. The number of methoxy groups -OCH3 is 1. The highest BCUT2D eigenvalue weighted by atomic mass is 16.7. The molecule has 0 aromatic rings. The van der Waals surface area contributed by atoms with E-state index in [0.717, 1.165) is 14.0 Å². The second-order valence-corrected chi connectivity index (χ2v) is 5.20. The van der Waals surface area contributed by atoms with Gasteiger partial charge in [0.1, 0.15) is 24.4 Å². The van der Waals surface area contributed by atoms with E-state index < -0.39 is 60.8 Å². The van der Waals surface area contributed by atoms with Crippen molar-refractivity contribution < 1.29 is 49.7 Å². The number of carbonyl (C=O) groups excluding carboxylic acids is 1. The first-order valence-corrected chi connectivity index (χ1v) is 6.68. The topological polar surface area (TPSA) is 186 Å². The van der Waals surface area contributed by atoms with Crippen LogP contribution >= 0.6 is 0 Å². The molecule has 0 aromatic carbocycles. The largest absolute Gasteiger partial charge is 0.477 e. The van der Waals surface area contributed by atoms with Gasteiger partial charge < -0.3 is 45.4 Å². The van der Waals surface area contributed by atoms with Crippen LogP contribution in [0.2, 0.25) is 0 Å². The number of hydrogen-bond donors (Lipinski definition) is 7. The number of aliphatic carboxylic acids is 1. The summed E-state index contributed by atoms with van der Waals surface area (Å²) in [5, 5.41) is 60.1. The average molecular weight is 339 g/mol. The van der Waals surface area contributed by atoms with Crippen molar-refractivity contribution >= 4 is 11.9 Å². The van der Waals surface area contributed by atoms with Crippen molar-refractivity contribution in [2.45, 2.75) is 49.3 Å². The van der Waals surface area contributed by atoms with Crippen LogP contribution < -0.4 is 5.32 Å². The van der Waals surface area contributed by atoms with E-state index in [9.17, 15) is 30.0 Å². The van der Waals surface area contributed by atoms with Crippen molar-refractivity contribution in [3.63, 3.8) is 0 Å². The van der Waals surface area contributed by atoms with E-state index in [4.69, 9.17) is 19.7 Å². The smallest absolute Gasteiger partial charge is 0.367 e. The van der Waals surface area contributed by atoms with Crippen molar-refractivity contribution in [2.24, 2.45) is 0 Å². The third-order valence-corrected chi connectivity index (χ3v) is 3.58. The summed E-state index contributed by atoms with van der Waals surface area (Å²) in [5.74, 6) is -5.59. The lowest BCUT2D eigenvalue weighted by molar-refractivity contribution is -0.336. The van der Waals surface area contributed by atoms with Gasteiger partial charge in [-0.1, -0.05) is 0 Å². The fourth-order valence-electron chi connectivity index (χ4n) is 2.44. The van der Waals surface area contributed by atoms with E-state index in [-0.39, 0.29) is 0 Å². The van der Waals surface area contributed by atoms with Gasteiger partial charge in [0.05, 0.1) is 12.6 Å². The zero-order valence-electron chi connectivity index (χ0n) is 12.5. The van der Waals surface area contributed by atoms with Gasteiger partial charge in [0.15, 0.2) is 6.10 Å². The minimum atomic E-state index is -3.04. The van der Waals surface area contributed by atoms with E-state index in [1.165, 1.54) is 0 Å². The summed E-state index contributed by atoms with van der Waals surface area (Å²) in [6.45, 7) is 0.196. The highest BCUT2D eigenvalue weighted by molar-refractivity contribution is 5.77. The third-order valence-electron chi connectivity index (χ3n) is 3.58. The number of ether oxygens (including phenoxy) is 2. The van der Waals surface area contributed by atoms with E-state index in [0.29, 0.717) is 0 Å². The van der Waals surface area contributed by atoms with Crippen LogP contribution in [0.3, 0.4) is 0 Å². The minimum Gasteiger partial charge on any atom is -0.477 e. The van der Waals surface area contributed by atoms with E-state index in [2.05, 4.69) is 5.32 Å². The number of rotatable bonds is 6. The van der Waals surface area contributed by atoms with Crippen molar-refractivity contribution in [1.29, 1.82) is 0 Å². The van der Waals surface area contributed by atoms with Gasteiger partial charge >= 0.3 is 5.97 Å². The number of carbonyl (C=O) groups is 2. The van der Waals surface area contributed by atoms with Crippen LogP contribution in [0.5, 0.6) is 0 Å². The maximum atomic E-state index is 11.3. The maximum Gasteiger partial charge on any atom is 0.367 e. The van der Waals surface area contributed by atoms with Gasteiger partial charge in [0.2, 0.25) is 5.91 Å². The van der Waals surface area contributed by atoms with Crippen molar-refractivity contribution in [3.8, 4) is 0 Å². The van der Waals surface area contributed by atoms with Crippen molar-refractivity contribution in [2.75, 3.05) is 13.7 Å². The van der Waals surface area contributed by atoms with Gasteiger partial charge in [-0.3, -0.25) is 4.79 Å². The zero-order valence-corrected chi connectivity index (χ0v) is 12.5. The number of aliphatic hydroxyl groups excluding tert-OH is 4. The molecule has 0 spiro atoms. The molecule has 0 bridgehead atoms. The van der Waals surface area contributed by atoms with E-state index in [1.807, 2.05) is 0 Å².